The normalized spacial score (nSPS) is 12.3. The smallest absolute Gasteiger partial charge is 0.271 e. The number of amidine groups is 1. The SMILES string of the molecule is N/C(=N/O)c1ccc(Br)cc1NS(=O)(=O)c1cccs1. The summed E-state index contributed by atoms with van der Waals surface area (Å²) in [5, 5.41) is 13.3. The summed E-state index contributed by atoms with van der Waals surface area (Å²) in [7, 11) is -3.70. The summed E-state index contributed by atoms with van der Waals surface area (Å²) < 4.78 is 27.6. The molecule has 0 aliphatic carbocycles. The molecular formula is C11H10BrN3O3S2. The third-order valence-corrected chi connectivity index (χ3v) is 5.63. The molecule has 0 aliphatic heterocycles. The van der Waals surface area contributed by atoms with Crippen LogP contribution in [-0.4, -0.2) is 19.5 Å². The van der Waals surface area contributed by atoms with Gasteiger partial charge in [-0.25, -0.2) is 8.42 Å². The molecule has 0 spiro atoms. The second-order valence-electron chi connectivity index (χ2n) is 3.71. The van der Waals surface area contributed by atoms with Gasteiger partial charge in [-0.15, -0.1) is 11.3 Å². The van der Waals surface area contributed by atoms with Gasteiger partial charge in [0.1, 0.15) is 4.21 Å². The number of oxime groups is 1. The number of nitrogens with one attached hydrogen (secondary N) is 1. The first-order valence-electron chi connectivity index (χ1n) is 5.28. The van der Waals surface area contributed by atoms with E-state index in [1.807, 2.05) is 0 Å². The third-order valence-electron chi connectivity index (χ3n) is 2.37. The highest BCUT2D eigenvalue weighted by Gasteiger charge is 2.18. The van der Waals surface area contributed by atoms with E-state index in [1.54, 1.807) is 29.6 Å². The Morgan fingerprint density at radius 1 is 1.40 bits per heavy atom. The Morgan fingerprint density at radius 3 is 2.75 bits per heavy atom. The van der Waals surface area contributed by atoms with E-state index >= 15 is 0 Å². The molecule has 0 saturated carbocycles. The lowest BCUT2D eigenvalue weighted by Crippen LogP contribution is -2.19. The molecule has 20 heavy (non-hydrogen) atoms. The number of hydrogen-bond donors (Lipinski definition) is 3. The van der Waals surface area contributed by atoms with E-state index in [2.05, 4.69) is 25.8 Å². The van der Waals surface area contributed by atoms with Crippen molar-refractivity contribution in [3.8, 4) is 0 Å². The largest absolute Gasteiger partial charge is 0.409 e. The van der Waals surface area contributed by atoms with Gasteiger partial charge >= 0.3 is 0 Å². The van der Waals surface area contributed by atoms with Crippen LogP contribution in [0.1, 0.15) is 5.56 Å². The summed E-state index contributed by atoms with van der Waals surface area (Å²) in [6.45, 7) is 0. The number of benzene rings is 1. The van der Waals surface area contributed by atoms with Crippen molar-refractivity contribution in [1.29, 1.82) is 0 Å². The lowest BCUT2D eigenvalue weighted by Gasteiger charge is -2.11. The Hall–Kier alpha value is -1.58. The number of nitrogens with zero attached hydrogens (tertiary/aromatic N) is 1. The van der Waals surface area contributed by atoms with E-state index in [1.165, 1.54) is 6.07 Å². The highest BCUT2D eigenvalue weighted by molar-refractivity contribution is 9.10. The van der Waals surface area contributed by atoms with Crippen molar-refractivity contribution in [3.05, 3.63) is 45.7 Å². The molecule has 1 aromatic heterocycles. The van der Waals surface area contributed by atoms with E-state index in [0.29, 0.717) is 4.47 Å². The quantitative estimate of drug-likeness (QED) is 0.330. The fourth-order valence-corrected chi connectivity index (χ4v) is 3.91. The number of thiophene rings is 1. The van der Waals surface area contributed by atoms with Crippen LogP contribution in [0.5, 0.6) is 0 Å². The molecule has 9 heteroatoms. The molecule has 1 heterocycles. The van der Waals surface area contributed by atoms with Crippen molar-refractivity contribution in [2.75, 3.05) is 4.72 Å². The van der Waals surface area contributed by atoms with Gasteiger partial charge in [-0.1, -0.05) is 27.2 Å². The molecule has 2 rings (SSSR count). The summed E-state index contributed by atoms with van der Waals surface area (Å²) in [6, 6.07) is 7.89. The van der Waals surface area contributed by atoms with Gasteiger partial charge < -0.3 is 10.9 Å². The van der Waals surface area contributed by atoms with Crippen LogP contribution in [0.2, 0.25) is 0 Å². The highest BCUT2D eigenvalue weighted by atomic mass is 79.9. The molecule has 0 atom stereocenters. The maximum Gasteiger partial charge on any atom is 0.271 e. The summed E-state index contributed by atoms with van der Waals surface area (Å²) >= 11 is 4.35. The number of rotatable bonds is 4. The molecule has 0 fully saturated rings. The molecule has 2 aromatic rings. The first-order chi connectivity index (χ1) is 9.44. The number of hydrogen-bond acceptors (Lipinski definition) is 5. The van der Waals surface area contributed by atoms with E-state index in [0.717, 1.165) is 11.3 Å². The minimum absolute atomic E-state index is 0.179. The third kappa shape index (κ3) is 3.11. The molecular weight excluding hydrogens is 366 g/mol. The fourth-order valence-electron chi connectivity index (χ4n) is 1.49. The Morgan fingerprint density at radius 2 is 2.15 bits per heavy atom. The topological polar surface area (TPSA) is 105 Å². The van der Waals surface area contributed by atoms with E-state index < -0.39 is 10.0 Å². The van der Waals surface area contributed by atoms with Gasteiger partial charge in [0.2, 0.25) is 0 Å². The molecule has 0 radical (unpaired) electrons. The summed E-state index contributed by atoms with van der Waals surface area (Å²) in [6.07, 6.45) is 0. The van der Waals surface area contributed by atoms with E-state index in [4.69, 9.17) is 10.9 Å². The van der Waals surface area contributed by atoms with Crippen LogP contribution in [0, 0.1) is 0 Å². The standard InChI is InChI=1S/C11H10BrN3O3S2/c12-7-3-4-8(11(13)14-16)9(6-7)15-20(17,18)10-2-1-5-19-10/h1-6,15-16H,(H2,13,14). The van der Waals surface area contributed by atoms with Crippen LogP contribution in [0.4, 0.5) is 5.69 Å². The van der Waals surface area contributed by atoms with E-state index in [9.17, 15) is 8.42 Å². The van der Waals surface area contributed by atoms with Crippen molar-refractivity contribution >= 4 is 48.8 Å². The maximum atomic E-state index is 12.2. The monoisotopic (exact) mass is 375 g/mol. The second-order valence-corrected chi connectivity index (χ2v) is 7.49. The predicted octanol–water partition coefficient (Wildman–Crippen LogP) is 2.41. The second kappa shape index (κ2) is 5.81. The van der Waals surface area contributed by atoms with Crippen LogP contribution in [0.25, 0.3) is 0 Å². The minimum Gasteiger partial charge on any atom is -0.409 e. The van der Waals surface area contributed by atoms with Gasteiger partial charge in [-0.2, -0.15) is 0 Å². The van der Waals surface area contributed by atoms with Crippen LogP contribution < -0.4 is 10.5 Å². The summed E-state index contributed by atoms with van der Waals surface area (Å²) in [5.41, 5.74) is 6.05. The Bertz CT molecular complexity index is 742. The number of nitrogens with two attached hydrogens (primary N) is 1. The summed E-state index contributed by atoms with van der Waals surface area (Å²) in [4.78, 5) is 0. The van der Waals surface area contributed by atoms with Gasteiger partial charge in [0.25, 0.3) is 10.0 Å². The Kier molecular flexibility index (Phi) is 4.31. The van der Waals surface area contributed by atoms with Gasteiger partial charge in [0.15, 0.2) is 5.84 Å². The number of halogens is 1. The molecule has 0 aliphatic rings. The first kappa shape index (κ1) is 14.8. The first-order valence-corrected chi connectivity index (χ1v) is 8.43. The average molecular weight is 376 g/mol. The van der Waals surface area contributed by atoms with Gasteiger partial charge in [-0.05, 0) is 29.6 Å². The molecule has 4 N–H and O–H groups in total. The molecule has 106 valence electrons. The van der Waals surface area contributed by atoms with Crippen molar-refractivity contribution in [2.45, 2.75) is 4.21 Å². The molecule has 0 amide bonds. The zero-order valence-corrected chi connectivity index (χ0v) is 13.2. The van der Waals surface area contributed by atoms with Gasteiger partial charge in [0, 0.05) is 10.0 Å². The molecule has 0 saturated heterocycles. The summed E-state index contributed by atoms with van der Waals surface area (Å²) in [5.74, 6) is -0.179. The number of anilines is 1. The van der Waals surface area contributed by atoms with Crippen molar-refractivity contribution in [1.82, 2.24) is 0 Å². The number of sulfonamides is 1. The lowest BCUT2D eigenvalue weighted by atomic mass is 10.2. The fraction of sp³-hybridized carbons (Fsp3) is 0. The van der Waals surface area contributed by atoms with Crippen molar-refractivity contribution in [2.24, 2.45) is 10.9 Å². The minimum atomic E-state index is -3.70. The molecule has 6 nitrogen and oxygen atoms in total. The Balaban J connectivity index is 2.46. The van der Waals surface area contributed by atoms with Crippen LogP contribution in [-0.2, 0) is 10.0 Å². The average Bonchev–Trinajstić information content (AvgIpc) is 2.92. The zero-order valence-electron chi connectivity index (χ0n) is 9.95. The Labute approximate surface area is 128 Å². The van der Waals surface area contributed by atoms with Crippen molar-refractivity contribution in [3.63, 3.8) is 0 Å². The van der Waals surface area contributed by atoms with Gasteiger partial charge in [0.05, 0.1) is 5.69 Å². The predicted molar refractivity (Wildman–Crippen MR) is 81.8 cm³/mol. The van der Waals surface area contributed by atoms with Crippen LogP contribution in [0.3, 0.4) is 0 Å². The lowest BCUT2D eigenvalue weighted by molar-refractivity contribution is 0.318. The molecule has 0 bridgehead atoms. The van der Waals surface area contributed by atoms with Gasteiger partial charge in [-0.3, -0.25) is 4.72 Å². The highest BCUT2D eigenvalue weighted by Crippen LogP contribution is 2.25. The van der Waals surface area contributed by atoms with Crippen LogP contribution >= 0.6 is 27.3 Å². The van der Waals surface area contributed by atoms with E-state index in [-0.39, 0.29) is 21.3 Å². The van der Waals surface area contributed by atoms with Crippen LogP contribution in [0.15, 0.2) is 49.5 Å². The maximum absolute atomic E-state index is 12.2. The molecule has 1 aromatic carbocycles. The molecule has 0 unspecified atom stereocenters. The van der Waals surface area contributed by atoms with Crippen molar-refractivity contribution < 1.29 is 13.6 Å². The zero-order chi connectivity index (χ0) is 14.8.